The third-order valence-corrected chi connectivity index (χ3v) is 7.45. The number of rotatable bonds is 3. The van der Waals surface area contributed by atoms with Crippen molar-refractivity contribution in [3.05, 3.63) is 70.0 Å². The number of phenolic OH excluding ortho intramolecular Hbond substituents is 1. The van der Waals surface area contributed by atoms with Gasteiger partial charge in [0.2, 0.25) is 5.78 Å². The highest BCUT2D eigenvalue weighted by molar-refractivity contribution is 6.22. The van der Waals surface area contributed by atoms with E-state index in [9.17, 15) is 34.8 Å². The standard InChI is InChI=1S/C26H24N2O7/c27-10-11-1-3-12(4-2-11)15-5-6-17(29)20-16(15)8-13-7-14-9-18(30)21(25(28)34)24(33)26(14,35)23(32)19(13)22(20)31/h1-6,13-14,29,31,33,35H,7-10,27H2,(H2,28,34). The predicted octanol–water partition coefficient (Wildman–Crippen LogP) is 1.55. The minimum absolute atomic E-state index is 0.0672. The average Bonchev–Trinajstić information content (AvgIpc) is 2.81. The Labute approximate surface area is 200 Å². The highest BCUT2D eigenvalue weighted by Crippen LogP contribution is 2.53. The molecule has 0 aromatic heterocycles. The average molecular weight is 476 g/mol. The first-order valence-electron chi connectivity index (χ1n) is 11.2. The van der Waals surface area contributed by atoms with E-state index >= 15 is 0 Å². The van der Waals surface area contributed by atoms with Gasteiger partial charge in [-0.2, -0.15) is 0 Å². The van der Waals surface area contributed by atoms with Crippen LogP contribution in [0.3, 0.4) is 0 Å². The summed E-state index contributed by atoms with van der Waals surface area (Å²) >= 11 is 0. The number of aromatic hydroxyl groups is 1. The topological polar surface area (TPSA) is 184 Å². The lowest BCUT2D eigenvalue weighted by Gasteiger charge is -2.46. The van der Waals surface area contributed by atoms with Gasteiger partial charge in [-0.3, -0.25) is 14.4 Å². The molecule has 3 unspecified atom stereocenters. The van der Waals surface area contributed by atoms with Crippen LogP contribution in [0.15, 0.2) is 53.3 Å². The molecule has 1 saturated carbocycles. The Kier molecular flexibility index (Phi) is 5.08. The van der Waals surface area contributed by atoms with E-state index in [1.54, 1.807) is 6.07 Å². The molecule has 1 fully saturated rings. The number of hydrogen-bond donors (Lipinski definition) is 6. The van der Waals surface area contributed by atoms with E-state index in [-0.39, 0.29) is 36.1 Å². The van der Waals surface area contributed by atoms with Crippen LogP contribution in [-0.4, -0.2) is 43.5 Å². The van der Waals surface area contributed by atoms with Gasteiger partial charge in [-0.05, 0) is 47.1 Å². The zero-order chi connectivity index (χ0) is 25.2. The molecule has 3 atom stereocenters. The first kappa shape index (κ1) is 22.8. The smallest absolute Gasteiger partial charge is 0.255 e. The van der Waals surface area contributed by atoms with E-state index in [2.05, 4.69) is 0 Å². The summed E-state index contributed by atoms with van der Waals surface area (Å²) in [7, 11) is 0. The van der Waals surface area contributed by atoms with Crippen molar-refractivity contribution in [3.63, 3.8) is 0 Å². The van der Waals surface area contributed by atoms with Crippen molar-refractivity contribution in [2.45, 2.75) is 31.4 Å². The molecule has 35 heavy (non-hydrogen) atoms. The van der Waals surface area contributed by atoms with Crippen molar-refractivity contribution >= 4 is 23.2 Å². The van der Waals surface area contributed by atoms with E-state index in [4.69, 9.17) is 11.5 Å². The van der Waals surface area contributed by atoms with Crippen LogP contribution in [-0.2, 0) is 27.3 Å². The fourth-order valence-corrected chi connectivity index (χ4v) is 5.71. The fourth-order valence-electron chi connectivity index (χ4n) is 5.71. The normalized spacial score (nSPS) is 25.8. The number of carbonyl (C=O) groups is 3. The third-order valence-electron chi connectivity index (χ3n) is 7.45. The molecule has 8 N–H and O–H groups in total. The number of carbonyl (C=O) groups excluding carboxylic acids is 3. The first-order chi connectivity index (χ1) is 16.6. The third kappa shape index (κ3) is 3.12. The van der Waals surface area contributed by atoms with Crippen LogP contribution in [0.25, 0.3) is 16.9 Å². The molecular weight excluding hydrogens is 452 g/mol. The lowest BCUT2D eigenvalue weighted by Crippen LogP contribution is -2.58. The van der Waals surface area contributed by atoms with Crippen molar-refractivity contribution in [1.82, 2.24) is 0 Å². The number of hydrogen-bond acceptors (Lipinski definition) is 8. The van der Waals surface area contributed by atoms with Crippen molar-refractivity contribution in [3.8, 4) is 16.9 Å². The fraction of sp³-hybridized carbons (Fsp3) is 0.269. The van der Waals surface area contributed by atoms with Gasteiger partial charge in [-0.1, -0.05) is 30.3 Å². The van der Waals surface area contributed by atoms with Crippen molar-refractivity contribution in [1.29, 1.82) is 0 Å². The monoisotopic (exact) mass is 476 g/mol. The van der Waals surface area contributed by atoms with E-state index in [0.717, 1.165) is 16.7 Å². The molecule has 3 aliphatic rings. The van der Waals surface area contributed by atoms with Gasteiger partial charge in [-0.15, -0.1) is 0 Å². The molecule has 0 bridgehead atoms. The second kappa shape index (κ2) is 7.79. The van der Waals surface area contributed by atoms with E-state index in [1.807, 2.05) is 24.3 Å². The Morgan fingerprint density at radius 1 is 1.03 bits per heavy atom. The van der Waals surface area contributed by atoms with Gasteiger partial charge in [0, 0.05) is 24.5 Å². The van der Waals surface area contributed by atoms with Gasteiger partial charge in [0.1, 0.15) is 22.8 Å². The number of fused-ring (bicyclic) bond motifs is 3. The molecule has 2 aromatic carbocycles. The highest BCUT2D eigenvalue weighted by atomic mass is 16.3. The highest BCUT2D eigenvalue weighted by Gasteiger charge is 2.60. The zero-order valence-corrected chi connectivity index (χ0v) is 18.6. The largest absolute Gasteiger partial charge is 0.508 e. The van der Waals surface area contributed by atoms with E-state index in [0.29, 0.717) is 12.1 Å². The molecule has 0 radical (unpaired) electrons. The van der Waals surface area contributed by atoms with Gasteiger partial charge in [0.05, 0.1) is 5.56 Å². The number of ketones is 2. The summed E-state index contributed by atoms with van der Waals surface area (Å²) in [6, 6.07) is 10.6. The van der Waals surface area contributed by atoms with E-state index < -0.39 is 52.0 Å². The SMILES string of the molecule is NCc1ccc(-c2ccc(O)c3c2CC2CC4CC(=O)C(C(N)=O)=C(O)C4(O)C(=O)C2=C3O)cc1. The summed E-state index contributed by atoms with van der Waals surface area (Å²) in [5, 5.41) is 43.7. The number of benzene rings is 2. The molecule has 9 heteroatoms. The molecule has 2 aromatic rings. The predicted molar refractivity (Wildman–Crippen MR) is 125 cm³/mol. The lowest BCUT2D eigenvalue weighted by atomic mass is 9.59. The van der Waals surface area contributed by atoms with Gasteiger partial charge >= 0.3 is 0 Å². The molecule has 0 heterocycles. The number of aliphatic hydroxyl groups is 3. The summed E-state index contributed by atoms with van der Waals surface area (Å²) in [6.07, 6.45) is -0.0176. The van der Waals surface area contributed by atoms with Crippen LogP contribution in [0.1, 0.15) is 29.5 Å². The number of Topliss-reactive ketones (excluding diaryl/α,β-unsaturated/α-hetero) is 2. The Hall–Kier alpha value is -3.95. The Morgan fingerprint density at radius 3 is 2.34 bits per heavy atom. The molecule has 5 rings (SSSR count). The number of aliphatic hydroxyl groups excluding tert-OH is 2. The molecule has 180 valence electrons. The maximum absolute atomic E-state index is 13.5. The van der Waals surface area contributed by atoms with Crippen LogP contribution in [0, 0.1) is 11.8 Å². The van der Waals surface area contributed by atoms with Gasteiger partial charge in [-0.25, -0.2) is 0 Å². The van der Waals surface area contributed by atoms with Crippen LogP contribution in [0.5, 0.6) is 5.75 Å². The molecule has 3 aliphatic carbocycles. The zero-order valence-electron chi connectivity index (χ0n) is 18.6. The van der Waals surface area contributed by atoms with Gasteiger partial charge in [0.25, 0.3) is 5.91 Å². The quantitative estimate of drug-likeness (QED) is 0.360. The molecule has 1 amide bonds. The maximum Gasteiger partial charge on any atom is 0.255 e. The minimum Gasteiger partial charge on any atom is -0.508 e. The lowest BCUT2D eigenvalue weighted by molar-refractivity contribution is -0.147. The number of primary amides is 1. The first-order valence-corrected chi connectivity index (χ1v) is 11.2. The molecule has 0 aliphatic heterocycles. The minimum atomic E-state index is -2.57. The van der Waals surface area contributed by atoms with Crippen LogP contribution in [0.4, 0.5) is 0 Å². The summed E-state index contributed by atoms with van der Waals surface area (Å²) in [5.41, 5.74) is 10.6. The molecule has 9 nitrogen and oxygen atoms in total. The van der Waals surface area contributed by atoms with Gasteiger partial charge in [0.15, 0.2) is 11.4 Å². The summed E-state index contributed by atoms with van der Waals surface area (Å²) in [4.78, 5) is 37.7. The Balaban J connectivity index is 1.68. The van der Waals surface area contributed by atoms with Gasteiger partial charge < -0.3 is 31.9 Å². The van der Waals surface area contributed by atoms with Crippen molar-refractivity contribution in [2.75, 3.05) is 0 Å². The maximum atomic E-state index is 13.5. The van der Waals surface area contributed by atoms with Crippen LogP contribution in [0.2, 0.25) is 0 Å². The number of phenols is 1. The second-order valence-electron chi connectivity index (χ2n) is 9.29. The number of nitrogens with two attached hydrogens (primary N) is 2. The molecule has 0 saturated heterocycles. The number of amides is 1. The molecule has 0 spiro atoms. The Bertz CT molecular complexity index is 1370. The van der Waals surface area contributed by atoms with Crippen LogP contribution >= 0.6 is 0 Å². The van der Waals surface area contributed by atoms with Crippen molar-refractivity contribution < 1.29 is 34.8 Å². The van der Waals surface area contributed by atoms with Crippen molar-refractivity contribution in [2.24, 2.45) is 23.3 Å². The summed E-state index contributed by atoms with van der Waals surface area (Å²) < 4.78 is 0. The second-order valence-corrected chi connectivity index (χ2v) is 9.29. The summed E-state index contributed by atoms with van der Waals surface area (Å²) in [6.45, 7) is 0.382. The van der Waals surface area contributed by atoms with Crippen LogP contribution < -0.4 is 11.5 Å². The van der Waals surface area contributed by atoms with E-state index in [1.165, 1.54) is 6.07 Å². The summed E-state index contributed by atoms with van der Waals surface area (Å²) in [5.74, 6) is -6.42. The molecular formula is C26H24N2O7. The Morgan fingerprint density at radius 2 is 1.71 bits per heavy atom.